The second kappa shape index (κ2) is 8.03. The third-order valence-corrected chi connectivity index (χ3v) is 3.93. The Morgan fingerprint density at radius 2 is 1.23 bits per heavy atom. The first-order valence-corrected chi connectivity index (χ1v) is 8.28. The third kappa shape index (κ3) is 4.11. The van der Waals surface area contributed by atoms with Gasteiger partial charge in [-0.3, -0.25) is 4.79 Å². The molecule has 128 valence electrons. The molecule has 3 rings (SSSR count). The first-order valence-electron chi connectivity index (χ1n) is 8.28. The van der Waals surface area contributed by atoms with Crippen molar-refractivity contribution >= 4 is 22.9 Å². The minimum atomic E-state index is -0.161. The van der Waals surface area contributed by atoms with Crippen LogP contribution in [0.5, 0.6) is 0 Å². The summed E-state index contributed by atoms with van der Waals surface area (Å²) in [6.45, 7) is 1.85. The van der Waals surface area contributed by atoms with Crippen molar-refractivity contribution in [2.75, 3.05) is 5.73 Å². The van der Waals surface area contributed by atoms with Crippen LogP contribution in [-0.4, -0.2) is 17.2 Å². The quantitative estimate of drug-likeness (QED) is 0.324. The van der Waals surface area contributed by atoms with Crippen LogP contribution in [0.2, 0.25) is 0 Å². The van der Waals surface area contributed by atoms with E-state index in [1.165, 1.54) is 0 Å². The van der Waals surface area contributed by atoms with Gasteiger partial charge in [-0.1, -0.05) is 72.8 Å². The molecule has 4 nitrogen and oxygen atoms in total. The van der Waals surface area contributed by atoms with Gasteiger partial charge in [-0.05, 0) is 24.6 Å². The van der Waals surface area contributed by atoms with E-state index < -0.39 is 0 Å². The molecule has 0 aliphatic heterocycles. The van der Waals surface area contributed by atoms with Gasteiger partial charge in [-0.15, -0.1) is 5.10 Å². The Kier molecular flexibility index (Phi) is 5.34. The summed E-state index contributed by atoms with van der Waals surface area (Å²) < 4.78 is 0. The molecule has 0 spiro atoms. The number of nitrogens with two attached hydrogens (primary N) is 1. The summed E-state index contributed by atoms with van der Waals surface area (Å²) in [5, 5.41) is 8.58. The van der Waals surface area contributed by atoms with Crippen LogP contribution >= 0.6 is 0 Å². The summed E-state index contributed by atoms with van der Waals surface area (Å²) in [4.78, 5) is 12.9. The number of benzene rings is 3. The van der Waals surface area contributed by atoms with Crippen molar-refractivity contribution in [3.8, 4) is 0 Å². The highest BCUT2D eigenvalue weighted by Gasteiger charge is 2.16. The van der Waals surface area contributed by atoms with Gasteiger partial charge in [0.05, 0.1) is 5.71 Å². The lowest BCUT2D eigenvalue weighted by Gasteiger charge is -2.05. The zero-order chi connectivity index (χ0) is 18.4. The van der Waals surface area contributed by atoms with E-state index in [9.17, 15) is 4.79 Å². The number of nitrogen functional groups attached to an aromatic ring is 1. The highest BCUT2D eigenvalue weighted by molar-refractivity contribution is 6.51. The molecule has 0 amide bonds. The smallest absolute Gasteiger partial charge is 0.213 e. The molecule has 0 fully saturated rings. The van der Waals surface area contributed by atoms with Gasteiger partial charge in [0.2, 0.25) is 5.78 Å². The fourth-order valence-corrected chi connectivity index (χ4v) is 2.46. The van der Waals surface area contributed by atoms with E-state index in [-0.39, 0.29) is 5.78 Å². The number of rotatable bonds is 5. The predicted molar refractivity (Wildman–Crippen MR) is 107 cm³/mol. The van der Waals surface area contributed by atoms with Gasteiger partial charge in [0, 0.05) is 16.8 Å². The fourth-order valence-electron chi connectivity index (χ4n) is 2.46. The van der Waals surface area contributed by atoms with Crippen LogP contribution in [-0.2, 0) is 0 Å². The Labute approximate surface area is 152 Å². The van der Waals surface area contributed by atoms with Gasteiger partial charge in [0.15, 0.2) is 0 Å². The summed E-state index contributed by atoms with van der Waals surface area (Å²) in [5.74, 6) is -0.161. The third-order valence-electron chi connectivity index (χ3n) is 3.93. The van der Waals surface area contributed by atoms with E-state index in [2.05, 4.69) is 10.2 Å². The predicted octanol–water partition coefficient (Wildman–Crippen LogP) is 4.37. The minimum absolute atomic E-state index is 0.161. The molecule has 0 unspecified atom stereocenters. The molecule has 2 N–H and O–H groups in total. The summed E-state index contributed by atoms with van der Waals surface area (Å²) in [6.07, 6.45) is 0. The van der Waals surface area contributed by atoms with Crippen molar-refractivity contribution in [2.24, 2.45) is 10.2 Å². The van der Waals surface area contributed by atoms with Gasteiger partial charge in [-0.2, -0.15) is 5.10 Å². The standard InChI is InChI=1S/C22H19N3O/c1-16(17-12-14-20(23)15-13-17)24-25-21(18-8-4-2-5-9-18)22(26)19-10-6-3-7-11-19/h2-15H,23H2,1H3/b24-16-,25-21-. The van der Waals surface area contributed by atoms with Gasteiger partial charge in [0.1, 0.15) is 5.71 Å². The largest absolute Gasteiger partial charge is 0.399 e. The van der Waals surface area contributed by atoms with Gasteiger partial charge in [-0.25, -0.2) is 0 Å². The average Bonchev–Trinajstić information content (AvgIpc) is 2.70. The number of nitrogens with zero attached hydrogens (tertiary/aromatic N) is 2. The molecule has 0 saturated carbocycles. The summed E-state index contributed by atoms with van der Waals surface area (Å²) in [6, 6.07) is 25.8. The first-order chi connectivity index (χ1) is 12.6. The van der Waals surface area contributed by atoms with Crippen molar-refractivity contribution in [3.63, 3.8) is 0 Å². The number of hydrogen-bond acceptors (Lipinski definition) is 4. The zero-order valence-electron chi connectivity index (χ0n) is 14.5. The second-order valence-electron chi connectivity index (χ2n) is 5.82. The molecule has 4 heteroatoms. The van der Waals surface area contributed by atoms with E-state index in [0.717, 1.165) is 11.1 Å². The zero-order valence-corrected chi connectivity index (χ0v) is 14.5. The van der Waals surface area contributed by atoms with Crippen LogP contribution in [0.25, 0.3) is 0 Å². The van der Waals surface area contributed by atoms with E-state index in [4.69, 9.17) is 5.73 Å². The van der Waals surface area contributed by atoms with E-state index in [0.29, 0.717) is 22.7 Å². The Hall–Kier alpha value is -3.53. The lowest BCUT2D eigenvalue weighted by Crippen LogP contribution is -2.15. The molecule has 0 aromatic heterocycles. The van der Waals surface area contributed by atoms with Crippen molar-refractivity contribution in [1.29, 1.82) is 0 Å². The van der Waals surface area contributed by atoms with Crippen LogP contribution < -0.4 is 5.73 Å². The molecule has 3 aromatic rings. The van der Waals surface area contributed by atoms with Crippen molar-refractivity contribution < 1.29 is 4.79 Å². The Morgan fingerprint density at radius 3 is 1.81 bits per heavy atom. The fraction of sp³-hybridized carbons (Fsp3) is 0.0455. The van der Waals surface area contributed by atoms with Crippen LogP contribution in [0.1, 0.15) is 28.4 Å². The average molecular weight is 341 g/mol. The SMILES string of the molecule is C/C(=N/N=C(\C(=O)c1ccccc1)c1ccccc1)c1ccc(N)cc1. The molecule has 0 aliphatic rings. The Morgan fingerprint density at radius 1 is 0.692 bits per heavy atom. The maximum atomic E-state index is 12.9. The van der Waals surface area contributed by atoms with Gasteiger partial charge in [0.25, 0.3) is 0 Å². The number of Topliss-reactive ketones (excluding diaryl/α,β-unsaturated/α-hetero) is 1. The normalized spacial score (nSPS) is 12.0. The topological polar surface area (TPSA) is 67.8 Å². The summed E-state index contributed by atoms with van der Waals surface area (Å²) >= 11 is 0. The lowest BCUT2D eigenvalue weighted by molar-refractivity contribution is 0.106. The number of carbonyl (C=O) groups is 1. The Bertz CT molecular complexity index is 944. The maximum absolute atomic E-state index is 12.9. The maximum Gasteiger partial charge on any atom is 0.213 e. The highest BCUT2D eigenvalue weighted by Crippen LogP contribution is 2.11. The minimum Gasteiger partial charge on any atom is -0.399 e. The monoisotopic (exact) mass is 341 g/mol. The molecular weight excluding hydrogens is 322 g/mol. The lowest BCUT2D eigenvalue weighted by atomic mass is 10.0. The van der Waals surface area contributed by atoms with Gasteiger partial charge < -0.3 is 5.73 Å². The van der Waals surface area contributed by atoms with Gasteiger partial charge >= 0.3 is 0 Å². The molecule has 0 saturated heterocycles. The van der Waals surface area contributed by atoms with E-state index in [1.807, 2.05) is 79.7 Å². The van der Waals surface area contributed by atoms with Crippen LogP contribution in [0.15, 0.2) is 95.1 Å². The van der Waals surface area contributed by atoms with Crippen LogP contribution in [0.4, 0.5) is 5.69 Å². The van der Waals surface area contributed by atoms with Crippen LogP contribution in [0, 0.1) is 0 Å². The number of ketones is 1. The molecule has 26 heavy (non-hydrogen) atoms. The van der Waals surface area contributed by atoms with E-state index in [1.54, 1.807) is 12.1 Å². The number of hydrogen-bond donors (Lipinski definition) is 1. The number of anilines is 1. The van der Waals surface area contributed by atoms with E-state index >= 15 is 0 Å². The summed E-state index contributed by atoms with van der Waals surface area (Å²) in [7, 11) is 0. The molecule has 3 aromatic carbocycles. The molecular formula is C22H19N3O. The summed E-state index contributed by atoms with van der Waals surface area (Å²) in [5.41, 5.74) is 9.64. The highest BCUT2D eigenvalue weighted by atomic mass is 16.1. The molecule has 0 atom stereocenters. The van der Waals surface area contributed by atoms with Crippen molar-refractivity contribution in [3.05, 3.63) is 102 Å². The second-order valence-corrected chi connectivity index (χ2v) is 5.82. The molecule has 0 aliphatic carbocycles. The molecule has 0 radical (unpaired) electrons. The first kappa shape index (κ1) is 17.3. The Balaban J connectivity index is 2.00. The molecule has 0 heterocycles. The molecule has 0 bridgehead atoms. The number of carbonyl (C=O) groups excluding carboxylic acids is 1. The van der Waals surface area contributed by atoms with Crippen molar-refractivity contribution in [2.45, 2.75) is 6.92 Å². The van der Waals surface area contributed by atoms with Crippen LogP contribution in [0.3, 0.4) is 0 Å². The van der Waals surface area contributed by atoms with Crippen molar-refractivity contribution in [1.82, 2.24) is 0 Å².